The van der Waals surface area contributed by atoms with Gasteiger partial charge in [0.1, 0.15) is 11.5 Å². The van der Waals surface area contributed by atoms with Crippen LogP contribution in [0.4, 0.5) is 0 Å². The second-order valence-corrected chi connectivity index (χ2v) is 11.2. The van der Waals surface area contributed by atoms with E-state index in [-0.39, 0.29) is 25.5 Å². The molecule has 0 saturated carbocycles. The summed E-state index contributed by atoms with van der Waals surface area (Å²) in [6, 6.07) is 32.6. The van der Waals surface area contributed by atoms with Crippen LogP contribution in [0.3, 0.4) is 0 Å². The number of carbonyl (C=O) groups excluding carboxylic acids is 1. The Balaban J connectivity index is 1.54. The number of aliphatic hydroxyl groups excluding tert-OH is 1. The van der Waals surface area contributed by atoms with Crippen molar-refractivity contribution in [3.63, 3.8) is 0 Å². The summed E-state index contributed by atoms with van der Waals surface area (Å²) in [7, 11) is 1.60. The molecular weight excluding hydrogens is 594 g/mol. The number of carbonyl (C=O) groups is 1. The molecule has 1 heterocycles. The highest BCUT2D eigenvalue weighted by Crippen LogP contribution is 2.43. The van der Waals surface area contributed by atoms with Gasteiger partial charge in [0.25, 0.3) is 5.91 Å². The SMILES string of the molecule is COc1cccc([C@H]2OC(c3ccc(OCCCO)cc3)=N[C@@]2(Cc2ccccc2CN=[N+]=[N-])C(=O)NCCCc2ccccc2)c1. The predicted octanol–water partition coefficient (Wildman–Crippen LogP) is 6.52. The van der Waals surface area contributed by atoms with Gasteiger partial charge < -0.3 is 24.6 Å². The summed E-state index contributed by atoms with van der Waals surface area (Å²) in [5.74, 6) is 1.34. The molecule has 0 saturated heterocycles. The number of amides is 1. The first-order chi connectivity index (χ1) is 23.1. The number of rotatable bonds is 16. The predicted molar refractivity (Wildman–Crippen MR) is 180 cm³/mol. The van der Waals surface area contributed by atoms with Gasteiger partial charge in [0, 0.05) is 36.5 Å². The van der Waals surface area contributed by atoms with Crippen LogP contribution in [-0.2, 0) is 28.9 Å². The van der Waals surface area contributed by atoms with E-state index in [4.69, 9.17) is 29.8 Å². The van der Waals surface area contributed by atoms with E-state index in [0.29, 0.717) is 42.5 Å². The van der Waals surface area contributed by atoms with Crippen LogP contribution in [0.2, 0.25) is 0 Å². The third-order valence-corrected chi connectivity index (χ3v) is 8.08. The molecule has 242 valence electrons. The van der Waals surface area contributed by atoms with Crippen molar-refractivity contribution in [3.05, 3.63) is 141 Å². The first-order valence-electron chi connectivity index (χ1n) is 15.7. The molecule has 0 radical (unpaired) electrons. The number of aryl methyl sites for hydroxylation is 1. The van der Waals surface area contributed by atoms with Crippen molar-refractivity contribution < 1.29 is 24.1 Å². The molecule has 0 aromatic heterocycles. The molecule has 2 atom stereocenters. The largest absolute Gasteiger partial charge is 0.497 e. The van der Waals surface area contributed by atoms with E-state index in [1.54, 1.807) is 7.11 Å². The average Bonchev–Trinajstić information content (AvgIpc) is 3.51. The lowest BCUT2D eigenvalue weighted by atomic mass is 9.80. The summed E-state index contributed by atoms with van der Waals surface area (Å²) in [6.45, 7) is 1.04. The lowest BCUT2D eigenvalue weighted by Gasteiger charge is -2.31. The van der Waals surface area contributed by atoms with Gasteiger partial charge in [-0.25, -0.2) is 4.99 Å². The van der Waals surface area contributed by atoms with Gasteiger partial charge in [-0.1, -0.05) is 71.8 Å². The Kier molecular flexibility index (Phi) is 11.5. The zero-order valence-corrected chi connectivity index (χ0v) is 26.4. The zero-order chi connectivity index (χ0) is 32.9. The highest BCUT2D eigenvalue weighted by atomic mass is 16.5. The Hall–Kier alpha value is -5.31. The number of ether oxygens (including phenoxy) is 3. The lowest BCUT2D eigenvalue weighted by molar-refractivity contribution is -0.128. The number of nitrogens with zero attached hydrogens (tertiary/aromatic N) is 4. The van der Waals surface area contributed by atoms with Crippen molar-refractivity contribution >= 4 is 11.8 Å². The molecule has 4 aromatic rings. The van der Waals surface area contributed by atoms with E-state index in [0.717, 1.165) is 29.5 Å². The van der Waals surface area contributed by atoms with Crippen LogP contribution in [0.15, 0.2) is 113 Å². The van der Waals surface area contributed by atoms with Crippen molar-refractivity contribution in [1.29, 1.82) is 0 Å². The van der Waals surface area contributed by atoms with Gasteiger partial charge in [-0.15, -0.1) is 0 Å². The lowest BCUT2D eigenvalue weighted by Crippen LogP contribution is -2.50. The normalized spacial score (nSPS) is 16.8. The maximum atomic E-state index is 14.6. The molecule has 0 bridgehead atoms. The maximum absolute atomic E-state index is 14.6. The minimum atomic E-state index is -1.41. The van der Waals surface area contributed by atoms with Crippen LogP contribution in [0.1, 0.15) is 46.8 Å². The van der Waals surface area contributed by atoms with Crippen LogP contribution in [0.25, 0.3) is 10.4 Å². The molecule has 5 rings (SSSR count). The Morgan fingerprint density at radius 2 is 1.74 bits per heavy atom. The summed E-state index contributed by atoms with van der Waals surface area (Å²) in [5.41, 5.74) is 11.9. The van der Waals surface area contributed by atoms with Crippen molar-refractivity contribution in [2.45, 2.75) is 43.9 Å². The van der Waals surface area contributed by atoms with E-state index < -0.39 is 11.6 Å². The topological polar surface area (TPSA) is 138 Å². The van der Waals surface area contributed by atoms with Gasteiger partial charge in [0.15, 0.2) is 11.6 Å². The molecule has 1 aliphatic heterocycles. The standard InChI is InChI=1S/C37H39N5O5/c1-45-33-16-7-15-29(24-33)34-37(25-30-13-5-6-14-31(30)26-40-42-38,36(44)39-21-8-12-27-10-3-2-4-11-27)41-35(47-34)28-17-19-32(20-18-28)46-23-9-22-43/h2-7,10-11,13-20,24,34,43H,8-9,12,21-23,25-26H2,1H3,(H,39,44)/t34-,37-/m1/s1. The second-order valence-electron chi connectivity index (χ2n) is 11.2. The van der Waals surface area contributed by atoms with Crippen molar-refractivity contribution in [3.8, 4) is 11.5 Å². The fraction of sp³-hybridized carbons (Fsp3) is 0.297. The Bertz CT molecular complexity index is 1710. The number of methoxy groups -OCH3 is 1. The Morgan fingerprint density at radius 1 is 0.979 bits per heavy atom. The summed E-state index contributed by atoms with van der Waals surface area (Å²) in [6.07, 6.45) is 1.50. The number of hydrogen-bond donors (Lipinski definition) is 2. The summed E-state index contributed by atoms with van der Waals surface area (Å²) >= 11 is 0. The fourth-order valence-electron chi connectivity index (χ4n) is 5.66. The van der Waals surface area contributed by atoms with Gasteiger partial charge in [0.2, 0.25) is 5.90 Å². The van der Waals surface area contributed by atoms with Gasteiger partial charge in [-0.3, -0.25) is 4.79 Å². The van der Waals surface area contributed by atoms with E-state index >= 15 is 0 Å². The number of azide groups is 1. The monoisotopic (exact) mass is 633 g/mol. The van der Waals surface area contributed by atoms with Crippen LogP contribution < -0.4 is 14.8 Å². The first kappa shape index (κ1) is 33.1. The summed E-state index contributed by atoms with van der Waals surface area (Å²) < 4.78 is 17.9. The van der Waals surface area contributed by atoms with E-state index in [1.165, 1.54) is 5.56 Å². The quantitative estimate of drug-likeness (QED) is 0.0627. The molecule has 4 aromatic carbocycles. The molecule has 0 spiro atoms. The Labute approximate surface area is 274 Å². The molecule has 0 fully saturated rings. The third kappa shape index (κ3) is 8.30. The number of hydrogen-bond acceptors (Lipinski definition) is 7. The van der Waals surface area contributed by atoms with Gasteiger partial charge in [-0.05, 0) is 77.0 Å². The minimum absolute atomic E-state index is 0.0524. The van der Waals surface area contributed by atoms with E-state index in [2.05, 4.69) is 27.5 Å². The van der Waals surface area contributed by atoms with Crippen molar-refractivity contribution in [2.24, 2.45) is 10.1 Å². The van der Waals surface area contributed by atoms with E-state index in [1.807, 2.05) is 91.0 Å². The molecule has 0 aliphatic carbocycles. The number of aliphatic hydroxyl groups is 1. The average molecular weight is 634 g/mol. The van der Waals surface area contributed by atoms with E-state index in [9.17, 15) is 4.79 Å². The molecule has 10 heteroatoms. The van der Waals surface area contributed by atoms with Crippen LogP contribution in [0.5, 0.6) is 11.5 Å². The smallest absolute Gasteiger partial charge is 0.252 e. The number of nitrogens with one attached hydrogen (secondary N) is 1. The van der Waals surface area contributed by atoms with Crippen molar-refractivity contribution in [1.82, 2.24) is 5.32 Å². The van der Waals surface area contributed by atoms with Crippen LogP contribution >= 0.6 is 0 Å². The molecule has 47 heavy (non-hydrogen) atoms. The van der Waals surface area contributed by atoms with Crippen LogP contribution in [-0.4, -0.2) is 49.3 Å². The fourth-order valence-corrected chi connectivity index (χ4v) is 5.66. The highest BCUT2D eigenvalue weighted by Gasteiger charge is 2.53. The van der Waals surface area contributed by atoms with Gasteiger partial charge in [-0.2, -0.15) is 0 Å². The maximum Gasteiger partial charge on any atom is 0.252 e. The summed E-state index contributed by atoms with van der Waals surface area (Å²) in [5, 5.41) is 16.1. The Morgan fingerprint density at radius 3 is 2.49 bits per heavy atom. The molecule has 0 unspecified atom stereocenters. The summed E-state index contributed by atoms with van der Waals surface area (Å²) in [4.78, 5) is 22.7. The highest BCUT2D eigenvalue weighted by molar-refractivity contribution is 6.01. The molecule has 1 amide bonds. The van der Waals surface area contributed by atoms with Crippen molar-refractivity contribution in [2.75, 3.05) is 26.9 Å². The second kappa shape index (κ2) is 16.3. The molecular formula is C37H39N5O5. The number of aliphatic imine (C=N–C) groups is 1. The molecule has 2 N–H and O–H groups in total. The minimum Gasteiger partial charge on any atom is -0.497 e. The molecule has 1 aliphatic rings. The van der Waals surface area contributed by atoms with Crippen LogP contribution in [0, 0.1) is 0 Å². The zero-order valence-electron chi connectivity index (χ0n) is 26.4. The van der Waals surface area contributed by atoms with Gasteiger partial charge >= 0.3 is 0 Å². The first-order valence-corrected chi connectivity index (χ1v) is 15.7. The third-order valence-electron chi connectivity index (χ3n) is 8.08. The van der Waals surface area contributed by atoms with Gasteiger partial charge in [0.05, 0.1) is 20.3 Å². The molecule has 10 nitrogen and oxygen atoms in total. The number of benzene rings is 4.